The van der Waals surface area contributed by atoms with Crippen LogP contribution < -0.4 is 5.32 Å². The molecular formula is C23H22F2N2O. The lowest BCUT2D eigenvalue weighted by Crippen LogP contribution is -2.29. The number of carbonyl (C=O) groups is 1. The third kappa shape index (κ3) is 4.37. The Hall–Kier alpha value is -2.79. The van der Waals surface area contributed by atoms with Crippen LogP contribution in [0.1, 0.15) is 24.8 Å². The molecule has 0 atom stereocenters. The Balaban J connectivity index is 1.41. The first-order valence-corrected chi connectivity index (χ1v) is 9.56. The largest absolute Gasteiger partial charge is 0.323 e. The molecule has 1 N–H and O–H groups in total. The van der Waals surface area contributed by atoms with Gasteiger partial charge >= 0.3 is 0 Å². The number of amides is 1. The summed E-state index contributed by atoms with van der Waals surface area (Å²) in [6.07, 6.45) is 2.49. The Bertz CT molecular complexity index is 996. The summed E-state index contributed by atoms with van der Waals surface area (Å²) in [6.45, 7) is 1.35. The summed E-state index contributed by atoms with van der Waals surface area (Å²) in [6, 6.07) is 18.1. The molecule has 144 valence electrons. The number of fused-ring (bicyclic) bond motifs is 1. The zero-order chi connectivity index (χ0) is 19.5. The van der Waals surface area contributed by atoms with Gasteiger partial charge in [-0.3, -0.25) is 9.69 Å². The van der Waals surface area contributed by atoms with Crippen LogP contribution in [0.25, 0.3) is 10.8 Å². The second-order valence-electron chi connectivity index (χ2n) is 7.26. The minimum absolute atomic E-state index is 0.114. The van der Waals surface area contributed by atoms with Gasteiger partial charge in [0.15, 0.2) is 0 Å². The third-order valence-electron chi connectivity index (χ3n) is 5.15. The summed E-state index contributed by atoms with van der Waals surface area (Å²) < 4.78 is 27.0. The molecule has 1 aliphatic carbocycles. The van der Waals surface area contributed by atoms with E-state index in [9.17, 15) is 13.6 Å². The van der Waals surface area contributed by atoms with Gasteiger partial charge in [0.2, 0.25) is 5.91 Å². The molecule has 1 saturated carbocycles. The average Bonchev–Trinajstić information content (AvgIpc) is 3.53. The first-order valence-electron chi connectivity index (χ1n) is 9.56. The Morgan fingerprint density at radius 1 is 1.04 bits per heavy atom. The van der Waals surface area contributed by atoms with Gasteiger partial charge in [0, 0.05) is 31.6 Å². The van der Waals surface area contributed by atoms with Gasteiger partial charge in [-0.05, 0) is 41.3 Å². The van der Waals surface area contributed by atoms with Crippen LogP contribution >= 0.6 is 0 Å². The number of benzene rings is 3. The van der Waals surface area contributed by atoms with E-state index in [0.717, 1.165) is 37.6 Å². The zero-order valence-corrected chi connectivity index (χ0v) is 15.5. The van der Waals surface area contributed by atoms with Crippen LogP contribution in [-0.2, 0) is 11.3 Å². The summed E-state index contributed by atoms with van der Waals surface area (Å²) in [5, 5.41) is 4.91. The first-order chi connectivity index (χ1) is 13.6. The lowest BCUT2D eigenvalue weighted by molar-refractivity contribution is -0.116. The van der Waals surface area contributed by atoms with E-state index in [0.29, 0.717) is 12.6 Å². The fourth-order valence-corrected chi connectivity index (χ4v) is 3.53. The van der Waals surface area contributed by atoms with E-state index in [4.69, 9.17) is 0 Å². The minimum Gasteiger partial charge on any atom is -0.323 e. The Morgan fingerprint density at radius 2 is 1.82 bits per heavy atom. The SMILES string of the molecule is O=C(CCN(Cc1cccc2ccccc12)C1CC1)Nc1cc(F)ccc1F. The molecule has 5 heteroatoms. The van der Waals surface area contributed by atoms with Gasteiger partial charge in [0.1, 0.15) is 11.6 Å². The molecule has 0 aliphatic heterocycles. The van der Waals surface area contributed by atoms with Crippen molar-refractivity contribution in [2.45, 2.75) is 31.8 Å². The first kappa shape index (κ1) is 18.6. The van der Waals surface area contributed by atoms with Crippen molar-refractivity contribution in [3.63, 3.8) is 0 Å². The maximum Gasteiger partial charge on any atom is 0.225 e. The van der Waals surface area contributed by atoms with Gasteiger partial charge in [0.25, 0.3) is 0 Å². The maximum absolute atomic E-state index is 13.7. The van der Waals surface area contributed by atoms with Crippen molar-refractivity contribution in [1.82, 2.24) is 4.90 Å². The van der Waals surface area contributed by atoms with Gasteiger partial charge in [-0.15, -0.1) is 0 Å². The van der Waals surface area contributed by atoms with Crippen LogP contribution in [0.4, 0.5) is 14.5 Å². The van der Waals surface area contributed by atoms with E-state index < -0.39 is 11.6 Å². The van der Waals surface area contributed by atoms with Crippen LogP contribution in [0.3, 0.4) is 0 Å². The lowest BCUT2D eigenvalue weighted by Gasteiger charge is -2.22. The molecule has 1 amide bonds. The fourth-order valence-electron chi connectivity index (χ4n) is 3.53. The summed E-state index contributed by atoms with van der Waals surface area (Å²) in [5.41, 5.74) is 1.12. The third-order valence-corrected chi connectivity index (χ3v) is 5.15. The molecule has 3 aromatic rings. The molecule has 1 aliphatic rings. The number of nitrogens with one attached hydrogen (secondary N) is 1. The van der Waals surface area contributed by atoms with E-state index in [2.05, 4.69) is 40.5 Å². The molecule has 0 spiro atoms. The number of hydrogen-bond acceptors (Lipinski definition) is 2. The molecule has 28 heavy (non-hydrogen) atoms. The quantitative estimate of drug-likeness (QED) is 0.618. The van der Waals surface area contributed by atoms with Crippen molar-refractivity contribution in [2.75, 3.05) is 11.9 Å². The predicted molar refractivity (Wildman–Crippen MR) is 107 cm³/mol. The minimum atomic E-state index is -0.635. The van der Waals surface area contributed by atoms with Crippen molar-refractivity contribution in [3.8, 4) is 0 Å². The van der Waals surface area contributed by atoms with Crippen molar-refractivity contribution in [2.24, 2.45) is 0 Å². The second-order valence-corrected chi connectivity index (χ2v) is 7.26. The summed E-state index contributed by atoms with van der Waals surface area (Å²) in [4.78, 5) is 14.6. The van der Waals surface area contributed by atoms with Gasteiger partial charge < -0.3 is 5.32 Å². The van der Waals surface area contributed by atoms with E-state index in [-0.39, 0.29) is 18.0 Å². The van der Waals surface area contributed by atoms with Crippen LogP contribution in [0.15, 0.2) is 60.7 Å². The van der Waals surface area contributed by atoms with E-state index in [1.165, 1.54) is 16.3 Å². The Morgan fingerprint density at radius 3 is 2.64 bits per heavy atom. The van der Waals surface area contributed by atoms with Crippen LogP contribution in [-0.4, -0.2) is 23.4 Å². The highest BCUT2D eigenvalue weighted by molar-refractivity contribution is 5.91. The van der Waals surface area contributed by atoms with E-state index in [1.807, 2.05) is 12.1 Å². The predicted octanol–water partition coefficient (Wildman–Crippen LogP) is 5.11. The molecule has 0 saturated heterocycles. The van der Waals surface area contributed by atoms with Gasteiger partial charge in [-0.1, -0.05) is 42.5 Å². The number of anilines is 1. The maximum atomic E-state index is 13.7. The zero-order valence-electron chi connectivity index (χ0n) is 15.5. The molecular weight excluding hydrogens is 358 g/mol. The smallest absolute Gasteiger partial charge is 0.225 e. The van der Waals surface area contributed by atoms with Crippen LogP contribution in [0.5, 0.6) is 0 Å². The van der Waals surface area contributed by atoms with Crippen LogP contribution in [0.2, 0.25) is 0 Å². The number of hydrogen-bond donors (Lipinski definition) is 1. The van der Waals surface area contributed by atoms with E-state index >= 15 is 0 Å². The number of carbonyl (C=O) groups excluding carboxylic acids is 1. The lowest BCUT2D eigenvalue weighted by atomic mass is 10.0. The van der Waals surface area contributed by atoms with Crippen molar-refractivity contribution < 1.29 is 13.6 Å². The standard InChI is InChI=1S/C23H22F2N2O/c24-18-8-11-21(25)22(14-18)26-23(28)12-13-27(19-9-10-19)15-17-6-3-5-16-4-1-2-7-20(16)17/h1-8,11,14,19H,9-10,12-13,15H2,(H,26,28). The molecule has 0 aromatic heterocycles. The normalized spacial score (nSPS) is 13.8. The molecule has 0 bridgehead atoms. The monoisotopic (exact) mass is 380 g/mol. The van der Waals surface area contributed by atoms with E-state index in [1.54, 1.807) is 0 Å². The highest BCUT2D eigenvalue weighted by atomic mass is 19.1. The molecule has 4 rings (SSSR count). The summed E-state index contributed by atoms with van der Waals surface area (Å²) in [5.74, 6) is -1.52. The molecule has 0 radical (unpaired) electrons. The number of nitrogens with zero attached hydrogens (tertiary/aromatic N) is 1. The van der Waals surface area contributed by atoms with Crippen molar-refractivity contribution >= 4 is 22.4 Å². The van der Waals surface area contributed by atoms with Crippen molar-refractivity contribution in [1.29, 1.82) is 0 Å². The molecule has 0 heterocycles. The molecule has 1 fully saturated rings. The van der Waals surface area contributed by atoms with Gasteiger partial charge in [-0.25, -0.2) is 8.78 Å². The molecule has 3 aromatic carbocycles. The average molecular weight is 380 g/mol. The fraction of sp³-hybridized carbons (Fsp3) is 0.261. The number of halogens is 2. The van der Waals surface area contributed by atoms with Crippen LogP contribution in [0, 0.1) is 11.6 Å². The number of rotatable bonds is 7. The Labute approximate surface area is 163 Å². The molecule has 3 nitrogen and oxygen atoms in total. The van der Waals surface area contributed by atoms with Gasteiger partial charge in [0.05, 0.1) is 5.69 Å². The molecule has 0 unspecified atom stereocenters. The Kier molecular flexibility index (Phi) is 5.35. The second kappa shape index (κ2) is 8.07. The summed E-state index contributed by atoms with van der Waals surface area (Å²) >= 11 is 0. The summed E-state index contributed by atoms with van der Waals surface area (Å²) in [7, 11) is 0. The highest BCUT2D eigenvalue weighted by Gasteiger charge is 2.29. The highest BCUT2D eigenvalue weighted by Crippen LogP contribution is 2.30. The topological polar surface area (TPSA) is 32.3 Å². The van der Waals surface area contributed by atoms with Crippen molar-refractivity contribution in [3.05, 3.63) is 77.9 Å². The van der Waals surface area contributed by atoms with Gasteiger partial charge in [-0.2, -0.15) is 0 Å².